The monoisotopic (exact) mass is 356 g/mol. The van der Waals surface area contributed by atoms with E-state index in [-0.39, 0.29) is 5.41 Å². The second-order valence-electron chi connectivity index (χ2n) is 7.16. The number of hydrogen-bond acceptors (Lipinski definition) is 4. The highest BCUT2D eigenvalue weighted by molar-refractivity contribution is 5.76. The number of ether oxygens (including phenoxy) is 3. The topological polar surface area (TPSA) is 44.8 Å². The first-order valence-corrected chi connectivity index (χ1v) is 8.91. The standard InChI is InChI=1S/C22H28O4/c1-6-16-7-9-19(18(13-16)22(2,3)4)25-11-12-26-21-14-17(15-23)8-10-20(21)24-5/h7-10,13-15H,6,11-12H2,1-5H3. The van der Waals surface area contributed by atoms with Crippen molar-refractivity contribution in [1.82, 2.24) is 0 Å². The number of aldehydes is 1. The average Bonchev–Trinajstić information content (AvgIpc) is 2.64. The van der Waals surface area contributed by atoms with Gasteiger partial charge in [0.15, 0.2) is 11.5 Å². The predicted octanol–water partition coefficient (Wildman–Crippen LogP) is 4.83. The summed E-state index contributed by atoms with van der Waals surface area (Å²) in [5, 5.41) is 0. The smallest absolute Gasteiger partial charge is 0.162 e. The van der Waals surface area contributed by atoms with Crippen molar-refractivity contribution in [1.29, 1.82) is 0 Å². The third-order valence-electron chi connectivity index (χ3n) is 4.18. The molecule has 4 heteroatoms. The number of carbonyl (C=O) groups excluding carboxylic acids is 1. The molecule has 0 aliphatic rings. The highest BCUT2D eigenvalue weighted by Crippen LogP contribution is 2.32. The molecule has 0 unspecified atom stereocenters. The molecule has 4 nitrogen and oxygen atoms in total. The first-order valence-electron chi connectivity index (χ1n) is 8.91. The van der Waals surface area contributed by atoms with E-state index in [2.05, 4.69) is 39.8 Å². The zero-order valence-electron chi connectivity index (χ0n) is 16.3. The molecule has 0 fully saturated rings. The van der Waals surface area contributed by atoms with Crippen LogP contribution in [0.4, 0.5) is 0 Å². The third-order valence-corrected chi connectivity index (χ3v) is 4.18. The largest absolute Gasteiger partial charge is 0.493 e. The molecule has 0 heterocycles. The summed E-state index contributed by atoms with van der Waals surface area (Å²) >= 11 is 0. The molecule has 140 valence electrons. The quantitative estimate of drug-likeness (QED) is 0.502. The Morgan fingerprint density at radius 1 is 0.923 bits per heavy atom. The zero-order chi connectivity index (χ0) is 19.2. The van der Waals surface area contributed by atoms with Gasteiger partial charge in [0.25, 0.3) is 0 Å². The molecule has 0 N–H and O–H groups in total. The summed E-state index contributed by atoms with van der Waals surface area (Å²) in [5.74, 6) is 2.02. The highest BCUT2D eigenvalue weighted by atomic mass is 16.5. The van der Waals surface area contributed by atoms with Crippen LogP contribution in [0.3, 0.4) is 0 Å². The lowest BCUT2D eigenvalue weighted by atomic mass is 9.85. The summed E-state index contributed by atoms with van der Waals surface area (Å²) in [7, 11) is 1.57. The van der Waals surface area contributed by atoms with Crippen LogP contribution in [0.25, 0.3) is 0 Å². The highest BCUT2D eigenvalue weighted by Gasteiger charge is 2.19. The number of rotatable bonds is 8. The number of aryl methyl sites for hydroxylation is 1. The van der Waals surface area contributed by atoms with Gasteiger partial charge in [-0.2, -0.15) is 0 Å². The van der Waals surface area contributed by atoms with Crippen molar-refractivity contribution in [3.63, 3.8) is 0 Å². The Morgan fingerprint density at radius 2 is 1.58 bits per heavy atom. The number of methoxy groups -OCH3 is 1. The molecule has 0 bridgehead atoms. The van der Waals surface area contributed by atoms with E-state index in [9.17, 15) is 4.79 Å². The van der Waals surface area contributed by atoms with E-state index in [1.54, 1.807) is 25.3 Å². The zero-order valence-corrected chi connectivity index (χ0v) is 16.3. The number of hydrogen-bond donors (Lipinski definition) is 0. The molecule has 2 aromatic rings. The molecule has 0 radical (unpaired) electrons. The van der Waals surface area contributed by atoms with Gasteiger partial charge in [0.05, 0.1) is 7.11 Å². The minimum absolute atomic E-state index is 0.00286. The Labute approximate surface area is 156 Å². The van der Waals surface area contributed by atoms with Crippen molar-refractivity contribution >= 4 is 6.29 Å². The Kier molecular flexibility index (Phi) is 6.67. The van der Waals surface area contributed by atoms with Gasteiger partial charge in [0.1, 0.15) is 25.2 Å². The van der Waals surface area contributed by atoms with E-state index >= 15 is 0 Å². The molecule has 0 atom stereocenters. The normalized spacial score (nSPS) is 11.1. The summed E-state index contributed by atoms with van der Waals surface area (Å²) in [6, 6.07) is 11.4. The molecule has 2 rings (SSSR count). The lowest BCUT2D eigenvalue weighted by molar-refractivity contribution is 0.112. The maximum Gasteiger partial charge on any atom is 0.162 e. The Hall–Kier alpha value is -2.49. The summed E-state index contributed by atoms with van der Waals surface area (Å²) in [5.41, 5.74) is 3.04. The van der Waals surface area contributed by atoms with Crippen LogP contribution in [0.2, 0.25) is 0 Å². The molecule has 0 spiro atoms. The lowest BCUT2D eigenvalue weighted by Crippen LogP contribution is -2.16. The Morgan fingerprint density at radius 3 is 2.15 bits per heavy atom. The fourth-order valence-corrected chi connectivity index (χ4v) is 2.69. The molecule has 0 aliphatic heterocycles. The van der Waals surface area contributed by atoms with E-state index in [4.69, 9.17) is 14.2 Å². The van der Waals surface area contributed by atoms with Crippen molar-refractivity contribution in [2.24, 2.45) is 0 Å². The number of benzene rings is 2. The summed E-state index contributed by atoms with van der Waals surface area (Å²) in [6.45, 7) is 9.46. The molecular weight excluding hydrogens is 328 g/mol. The lowest BCUT2D eigenvalue weighted by Gasteiger charge is -2.24. The van der Waals surface area contributed by atoms with Gasteiger partial charge < -0.3 is 14.2 Å². The maximum atomic E-state index is 10.9. The van der Waals surface area contributed by atoms with E-state index in [0.29, 0.717) is 30.3 Å². The van der Waals surface area contributed by atoms with Crippen LogP contribution >= 0.6 is 0 Å². The van der Waals surface area contributed by atoms with Crippen LogP contribution in [-0.2, 0) is 11.8 Å². The Bertz CT molecular complexity index is 744. The van der Waals surface area contributed by atoms with Gasteiger partial charge in [-0.3, -0.25) is 4.79 Å². The number of carbonyl (C=O) groups is 1. The van der Waals surface area contributed by atoms with E-state index in [1.165, 1.54) is 11.1 Å². The van der Waals surface area contributed by atoms with E-state index < -0.39 is 0 Å². The molecular formula is C22H28O4. The van der Waals surface area contributed by atoms with Gasteiger partial charge >= 0.3 is 0 Å². The van der Waals surface area contributed by atoms with Gasteiger partial charge in [-0.25, -0.2) is 0 Å². The van der Waals surface area contributed by atoms with Crippen molar-refractivity contribution < 1.29 is 19.0 Å². The summed E-state index contributed by atoms with van der Waals surface area (Å²) < 4.78 is 17.0. The minimum Gasteiger partial charge on any atom is -0.493 e. The van der Waals surface area contributed by atoms with E-state index in [1.807, 2.05) is 6.07 Å². The molecule has 0 saturated heterocycles. The van der Waals surface area contributed by atoms with Gasteiger partial charge in [-0.15, -0.1) is 0 Å². The Balaban J connectivity index is 2.04. The van der Waals surface area contributed by atoms with Gasteiger partial charge in [0.2, 0.25) is 0 Å². The van der Waals surface area contributed by atoms with Gasteiger partial charge in [-0.05, 0) is 47.2 Å². The first-order chi connectivity index (χ1) is 12.4. The summed E-state index contributed by atoms with van der Waals surface area (Å²) in [4.78, 5) is 10.9. The van der Waals surface area contributed by atoms with Crippen LogP contribution in [0.15, 0.2) is 36.4 Å². The fraction of sp³-hybridized carbons (Fsp3) is 0.409. The fourth-order valence-electron chi connectivity index (χ4n) is 2.69. The maximum absolute atomic E-state index is 10.9. The van der Waals surface area contributed by atoms with Gasteiger partial charge in [0, 0.05) is 5.56 Å². The van der Waals surface area contributed by atoms with Crippen LogP contribution in [0, 0.1) is 0 Å². The first kappa shape index (κ1) is 19.8. The van der Waals surface area contributed by atoms with Crippen LogP contribution in [0.5, 0.6) is 17.2 Å². The molecule has 2 aromatic carbocycles. The van der Waals surface area contributed by atoms with Crippen molar-refractivity contribution in [3.05, 3.63) is 53.1 Å². The van der Waals surface area contributed by atoms with E-state index in [0.717, 1.165) is 18.5 Å². The SMILES string of the molecule is CCc1ccc(OCCOc2cc(C=O)ccc2OC)c(C(C)(C)C)c1. The average molecular weight is 356 g/mol. The molecule has 0 amide bonds. The second kappa shape index (κ2) is 8.75. The second-order valence-corrected chi connectivity index (χ2v) is 7.16. The summed E-state index contributed by atoms with van der Waals surface area (Å²) in [6.07, 6.45) is 1.78. The van der Waals surface area contributed by atoms with Crippen molar-refractivity contribution in [3.8, 4) is 17.2 Å². The van der Waals surface area contributed by atoms with Crippen LogP contribution in [-0.4, -0.2) is 26.6 Å². The molecule has 0 aliphatic carbocycles. The van der Waals surface area contributed by atoms with Crippen LogP contribution < -0.4 is 14.2 Å². The molecule has 26 heavy (non-hydrogen) atoms. The predicted molar refractivity (Wildman–Crippen MR) is 104 cm³/mol. The third kappa shape index (κ3) is 5.01. The van der Waals surface area contributed by atoms with Crippen molar-refractivity contribution in [2.45, 2.75) is 39.5 Å². The van der Waals surface area contributed by atoms with Gasteiger partial charge in [-0.1, -0.05) is 39.8 Å². The van der Waals surface area contributed by atoms with Crippen LogP contribution in [0.1, 0.15) is 49.2 Å². The minimum atomic E-state index is 0.00286. The molecule has 0 aromatic heterocycles. The molecule has 0 saturated carbocycles. The van der Waals surface area contributed by atoms with Crippen molar-refractivity contribution in [2.75, 3.05) is 20.3 Å².